The van der Waals surface area contributed by atoms with E-state index in [-0.39, 0.29) is 5.02 Å². The highest BCUT2D eigenvalue weighted by Gasteiger charge is 2.29. The maximum absolute atomic E-state index is 13.2. The van der Waals surface area contributed by atoms with E-state index >= 15 is 0 Å². The van der Waals surface area contributed by atoms with E-state index in [2.05, 4.69) is 0 Å². The molecule has 0 bridgehead atoms. The van der Waals surface area contributed by atoms with Crippen LogP contribution in [0.1, 0.15) is 4.88 Å². The molecule has 0 N–H and O–H groups in total. The van der Waals surface area contributed by atoms with Crippen molar-refractivity contribution >= 4 is 38.6 Å². The molecule has 0 atom stereocenters. The van der Waals surface area contributed by atoms with E-state index in [1.165, 1.54) is 21.7 Å². The van der Waals surface area contributed by atoms with Gasteiger partial charge in [0.25, 0.3) is 10.0 Å². The molecule has 1 aliphatic rings. The average molecular weight is 375 g/mol. The van der Waals surface area contributed by atoms with Gasteiger partial charge < -0.3 is 4.90 Å². The van der Waals surface area contributed by atoms with Crippen molar-refractivity contribution in [1.82, 2.24) is 4.31 Å². The van der Waals surface area contributed by atoms with Crippen LogP contribution in [0, 0.1) is 12.7 Å². The van der Waals surface area contributed by atoms with Crippen LogP contribution in [0.4, 0.5) is 10.1 Å². The van der Waals surface area contributed by atoms with Crippen molar-refractivity contribution in [1.29, 1.82) is 0 Å². The van der Waals surface area contributed by atoms with Gasteiger partial charge in [0.15, 0.2) is 0 Å². The van der Waals surface area contributed by atoms with Gasteiger partial charge in [-0.3, -0.25) is 0 Å². The molecule has 1 saturated heterocycles. The lowest BCUT2D eigenvalue weighted by molar-refractivity contribution is 0.386. The highest BCUT2D eigenvalue weighted by molar-refractivity contribution is 7.91. The molecule has 23 heavy (non-hydrogen) atoms. The molecule has 3 rings (SSSR count). The first kappa shape index (κ1) is 16.7. The molecule has 0 spiro atoms. The van der Waals surface area contributed by atoms with Gasteiger partial charge in [-0.15, -0.1) is 11.3 Å². The summed E-state index contributed by atoms with van der Waals surface area (Å²) in [4.78, 5) is 2.99. The van der Waals surface area contributed by atoms with Gasteiger partial charge in [-0.05, 0) is 37.3 Å². The second-order valence-electron chi connectivity index (χ2n) is 5.35. The van der Waals surface area contributed by atoms with Crippen molar-refractivity contribution in [2.45, 2.75) is 11.1 Å². The quantitative estimate of drug-likeness (QED) is 0.827. The molecule has 1 aliphatic heterocycles. The second-order valence-corrected chi connectivity index (χ2v) is 9.21. The SMILES string of the molecule is Cc1ccc(S(=O)(=O)N2CCN(c3ccc(F)c(Cl)c3)CC2)s1. The maximum atomic E-state index is 13.2. The van der Waals surface area contributed by atoms with Crippen LogP contribution in [-0.4, -0.2) is 38.9 Å². The topological polar surface area (TPSA) is 40.6 Å². The molecule has 8 heteroatoms. The van der Waals surface area contributed by atoms with E-state index in [1.807, 2.05) is 17.9 Å². The summed E-state index contributed by atoms with van der Waals surface area (Å²) in [6.07, 6.45) is 0. The fourth-order valence-electron chi connectivity index (χ4n) is 2.55. The third-order valence-electron chi connectivity index (χ3n) is 3.82. The third kappa shape index (κ3) is 3.38. The van der Waals surface area contributed by atoms with Crippen molar-refractivity contribution in [2.75, 3.05) is 31.1 Å². The number of halogens is 2. The smallest absolute Gasteiger partial charge is 0.252 e. The van der Waals surface area contributed by atoms with Crippen LogP contribution < -0.4 is 4.90 Å². The van der Waals surface area contributed by atoms with Crippen molar-refractivity contribution < 1.29 is 12.8 Å². The number of piperazine rings is 1. The predicted molar refractivity (Wildman–Crippen MR) is 91.4 cm³/mol. The Balaban J connectivity index is 1.72. The Morgan fingerprint density at radius 3 is 2.39 bits per heavy atom. The number of hydrogen-bond donors (Lipinski definition) is 0. The molecule has 2 heterocycles. The number of aryl methyl sites for hydroxylation is 1. The first-order chi connectivity index (χ1) is 10.9. The van der Waals surface area contributed by atoms with E-state index < -0.39 is 15.8 Å². The standard InChI is InChI=1S/C15H16ClFN2O2S2/c1-11-2-5-15(22-11)23(20,21)19-8-6-18(7-9-19)12-3-4-14(17)13(16)10-12/h2-5,10H,6-9H2,1H3. The highest BCUT2D eigenvalue weighted by atomic mass is 35.5. The highest BCUT2D eigenvalue weighted by Crippen LogP contribution is 2.27. The maximum Gasteiger partial charge on any atom is 0.252 e. The van der Waals surface area contributed by atoms with E-state index in [4.69, 9.17) is 11.6 Å². The van der Waals surface area contributed by atoms with E-state index in [0.29, 0.717) is 30.4 Å². The van der Waals surface area contributed by atoms with Crippen LogP contribution in [0.15, 0.2) is 34.5 Å². The summed E-state index contributed by atoms with van der Waals surface area (Å²) in [6.45, 7) is 3.78. The number of nitrogens with zero attached hydrogens (tertiary/aromatic N) is 2. The number of sulfonamides is 1. The van der Waals surface area contributed by atoms with Gasteiger partial charge in [-0.25, -0.2) is 12.8 Å². The molecule has 1 fully saturated rings. The summed E-state index contributed by atoms with van der Waals surface area (Å²) in [6, 6.07) is 8.03. The van der Waals surface area contributed by atoms with Crippen LogP contribution >= 0.6 is 22.9 Å². The van der Waals surface area contributed by atoms with Gasteiger partial charge in [-0.2, -0.15) is 4.31 Å². The van der Waals surface area contributed by atoms with Crippen molar-refractivity contribution in [2.24, 2.45) is 0 Å². The molecule has 0 saturated carbocycles. The van der Waals surface area contributed by atoms with Gasteiger partial charge in [0.1, 0.15) is 10.0 Å². The fraction of sp³-hybridized carbons (Fsp3) is 0.333. The Morgan fingerprint density at radius 2 is 1.83 bits per heavy atom. The summed E-state index contributed by atoms with van der Waals surface area (Å²) in [7, 11) is -3.42. The Kier molecular flexibility index (Phi) is 4.64. The van der Waals surface area contributed by atoms with Crippen molar-refractivity contribution in [3.05, 3.63) is 46.0 Å². The monoisotopic (exact) mass is 374 g/mol. The first-order valence-electron chi connectivity index (χ1n) is 7.14. The summed E-state index contributed by atoms with van der Waals surface area (Å²) in [5, 5.41) is 0.0756. The van der Waals surface area contributed by atoms with Gasteiger partial charge in [0.05, 0.1) is 5.02 Å². The molecule has 1 aromatic carbocycles. The summed E-state index contributed by atoms with van der Waals surface area (Å²) in [5.74, 6) is -0.454. The van der Waals surface area contributed by atoms with Gasteiger partial charge in [-0.1, -0.05) is 11.6 Å². The molecule has 0 amide bonds. The number of benzene rings is 1. The minimum absolute atomic E-state index is 0.0756. The molecule has 0 radical (unpaired) electrons. The third-order valence-corrected chi connectivity index (χ3v) is 7.47. The molecule has 1 aromatic heterocycles. The van der Waals surface area contributed by atoms with Gasteiger partial charge >= 0.3 is 0 Å². The lowest BCUT2D eigenvalue weighted by Crippen LogP contribution is -2.48. The Hall–Kier alpha value is -1.15. The Bertz CT molecular complexity index is 815. The zero-order valence-electron chi connectivity index (χ0n) is 12.5. The normalized spacial score (nSPS) is 16.7. The molecular weight excluding hydrogens is 359 g/mol. The molecule has 124 valence electrons. The lowest BCUT2D eigenvalue weighted by atomic mass is 10.2. The molecule has 0 unspecified atom stereocenters. The summed E-state index contributed by atoms with van der Waals surface area (Å²) < 4.78 is 40.3. The van der Waals surface area contributed by atoms with Crippen LogP contribution in [-0.2, 0) is 10.0 Å². The van der Waals surface area contributed by atoms with E-state index in [9.17, 15) is 12.8 Å². The lowest BCUT2D eigenvalue weighted by Gasteiger charge is -2.35. The fourth-order valence-corrected chi connectivity index (χ4v) is 5.58. The van der Waals surface area contributed by atoms with Crippen LogP contribution in [0.25, 0.3) is 0 Å². The largest absolute Gasteiger partial charge is 0.369 e. The first-order valence-corrected chi connectivity index (χ1v) is 9.78. The number of anilines is 1. The van der Waals surface area contributed by atoms with Crippen LogP contribution in [0.3, 0.4) is 0 Å². The Morgan fingerprint density at radius 1 is 1.13 bits per heavy atom. The number of rotatable bonds is 3. The molecule has 2 aromatic rings. The van der Waals surface area contributed by atoms with Crippen molar-refractivity contribution in [3.63, 3.8) is 0 Å². The Labute approximate surface area is 144 Å². The zero-order chi connectivity index (χ0) is 16.6. The van der Waals surface area contributed by atoms with Gasteiger partial charge in [0, 0.05) is 36.7 Å². The molecule has 0 aliphatic carbocycles. The predicted octanol–water partition coefficient (Wildman–Crippen LogP) is 3.36. The van der Waals surface area contributed by atoms with E-state index in [1.54, 1.807) is 18.2 Å². The minimum atomic E-state index is -3.42. The summed E-state index contributed by atoms with van der Waals surface area (Å²) in [5.41, 5.74) is 0.806. The van der Waals surface area contributed by atoms with E-state index in [0.717, 1.165) is 10.6 Å². The number of hydrogen-bond acceptors (Lipinski definition) is 4. The van der Waals surface area contributed by atoms with Crippen LogP contribution in [0.5, 0.6) is 0 Å². The average Bonchev–Trinajstić information content (AvgIpc) is 2.97. The van der Waals surface area contributed by atoms with Gasteiger partial charge in [0.2, 0.25) is 0 Å². The van der Waals surface area contributed by atoms with Crippen molar-refractivity contribution in [3.8, 4) is 0 Å². The minimum Gasteiger partial charge on any atom is -0.369 e. The molecule has 4 nitrogen and oxygen atoms in total. The number of thiophene rings is 1. The van der Waals surface area contributed by atoms with Crippen LogP contribution in [0.2, 0.25) is 5.02 Å². The second kappa shape index (κ2) is 6.39. The zero-order valence-corrected chi connectivity index (χ0v) is 14.9. The molecular formula is C15H16ClFN2O2S2. The summed E-state index contributed by atoms with van der Waals surface area (Å²) >= 11 is 7.10.